The summed E-state index contributed by atoms with van der Waals surface area (Å²) in [6, 6.07) is 5.16. The zero-order chi connectivity index (χ0) is 15.5. The van der Waals surface area contributed by atoms with E-state index in [9.17, 15) is 13.2 Å². The number of hydrogen-bond acceptors (Lipinski definition) is 4. The van der Waals surface area contributed by atoms with Gasteiger partial charge in [0.25, 0.3) is 5.91 Å². The van der Waals surface area contributed by atoms with Crippen LogP contribution in [-0.4, -0.2) is 46.8 Å². The third kappa shape index (κ3) is 3.74. The molecule has 7 heteroatoms. The molecule has 0 radical (unpaired) electrons. The number of carbonyl (C=O) groups is 1. The molecule has 0 bridgehead atoms. The molecule has 0 fully saturated rings. The number of nitrogens with one attached hydrogen (secondary N) is 2. The van der Waals surface area contributed by atoms with Gasteiger partial charge in [0.15, 0.2) is 0 Å². The lowest BCUT2D eigenvalue weighted by atomic mass is 10.1. The van der Waals surface area contributed by atoms with Crippen molar-refractivity contribution >= 4 is 21.6 Å². The second kappa shape index (κ2) is 6.44. The second-order valence-corrected chi connectivity index (χ2v) is 6.94. The third-order valence-corrected chi connectivity index (χ3v) is 4.61. The minimum Gasteiger partial charge on any atom is -0.351 e. The fourth-order valence-corrected chi connectivity index (χ4v) is 3.36. The second-order valence-electron chi connectivity index (χ2n) is 5.04. The van der Waals surface area contributed by atoms with Crippen LogP contribution in [-0.2, 0) is 16.4 Å². The highest BCUT2D eigenvalue weighted by molar-refractivity contribution is 7.92. The number of benzene rings is 1. The third-order valence-electron chi connectivity index (χ3n) is 3.43. The highest BCUT2D eigenvalue weighted by atomic mass is 32.2. The molecule has 0 saturated carbocycles. The monoisotopic (exact) mass is 311 g/mol. The lowest BCUT2D eigenvalue weighted by molar-refractivity contribution is 0.0954. The number of rotatable bonds is 6. The highest BCUT2D eigenvalue weighted by Crippen LogP contribution is 2.30. The summed E-state index contributed by atoms with van der Waals surface area (Å²) in [6.45, 7) is 4.62. The van der Waals surface area contributed by atoms with Gasteiger partial charge in [0.2, 0.25) is 10.0 Å². The van der Waals surface area contributed by atoms with Crippen LogP contribution in [0.15, 0.2) is 18.2 Å². The first kappa shape index (κ1) is 15.8. The van der Waals surface area contributed by atoms with Gasteiger partial charge in [0.05, 0.1) is 11.9 Å². The summed E-state index contributed by atoms with van der Waals surface area (Å²) in [4.78, 5) is 12.0. The normalized spacial score (nSPS) is 14.1. The first-order chi connectivity index (χ1) is 9.93. The maximum atomic E-state index is 12.0. The number of amides is 1. The molecule has 0 atom stereocenters. The lowest BCUT2D eigenvalue weighted by Gasteiger charge is -2.16. The van der Waals surface area contributed by atoms with Crippen LogP contribution in [0.5, 0.6) is 0 Å². The van der Waals surface area contributed by atoms with Crippen molar-refractivity contribution in [2.24, 2.45) is 0 Å². The molecule has 6 nitrogen and oxygen atoms in total. The van der Waals surface area contributed by atoms with Crippen molar-refractivity contribution in [3.8, 4) is 0 Å². The number of fused-ring (bicyclic) bond motifs is 1. The number of anilines is 1. The van der Waals surface area contributed by atoms with Gasteiger partial charge < -0.3 is 10.6 Å². The molecule has 2 N–H and O–H groups in total. The van der Waals surface area contributed by atoms with E-state index in [1.54, 1.807) is 18.2 Å². The Morgan fingerprint density at radius 1 is 1.33 bits per heavy atom. The largest absolute Gasteiger partial charge is 0.351 e. The number of carbonyl (C=O) groups excluding carboxylic acids is 1. The Hall–Kier alpha value is -1.60. The lowest BCUT2D eigenvalue weighted by Crippen LogP contribution is -2.31. The van der Waals surface area contributed by atoms with Crippen LogP contribution in [0, 0.1) is 0 Å². The average Bonchev–Trinajstić information content (AvgIpc) is 2.86. The first-order valence-corrected chi connectivity index (χ1v) is 8.88. The van der Waals surface area contributed by atoms with Crippen LogP contribution >= 0.6 is 0 Å². The molecular formula is C14H21N3O3S. The standard InChI is InChI=1S/C14H21N3O3S/c1-3-15-7-8-16-14(18)12-4-5-13-11(10-12)6-9-17(13)21(2,19)20/h4-5,10,15H,3,6-9H2,1-2H3,(H,16,18). The summed E-state index contributed by atoms with van der Waals surface area (Å²) < 4.78 is 24.7. The molecule has 1 aliphatic rings. The number of hydrogen-bond donors (Lipinski definition) is 2. The van der Waals surface area contributed by atoms with Gasteiger partial charge in [0, 0.05) is 25.2 Å². The molecule has 0 spiro atoms. The molecule has 1 aliphatic heterocycles. The summed E-state index contributed by atoms with van der Waals surface area (Å²) in [5, 5.41) is 5.96. The van der Waals surface area contributed by atoms with Gasteiger partial charge in [-0.15, -0.1) is 0 Å². The van der Waals surface area contributed by atoms with Crippen molar-refractivity contribution in [2.75, 3.05) is 36.7 Å². The summed E-state index contributed by atoms with van der Waals surface area (Å²) >= 11 is 0. The molecule has 0 aromatic heterocycles. The summed E-state index contributed by atoms with van der Waals surface area (Å²) in [5.41, 5.74) is 2.15. The maximum absolute atomic E-state index is 12.0. The van der Waals surface area contributed by atoms with Crippen LogP contribution in [0.1, 0.15) is 22.8 Å². The van der Waals surface area contributed by atoms with Crippen molar-refractivity contribution in [2.45, 2.75) is 13.3 Å². The Kier molecular flexibility index (Phi) is 4.84. The van der Waals surface area contributed by atoms with E-state index in [1.807, 2.05) is 6.92 Å². The van der Waals surface area contributed by atoms with Crippen LogP contribution < -0.4 is 14.9 Å². The number of likely N-dealkylation sites (N-methyl/N-ethyl adjacent to an activating group) is 1. The number of sulfonamides is 1. The fraction of sp³-hybridized carbons (Fsp3) is 0.500. The summed E-state index contributed by atoms with van der Waals surface area (Å²) in [6.07, 6.45) is 1.84. The van der Waals surface area contributed by atoms with E-state index in [4.69, 9.17) is 0 Å². The van der Waals surface area contributed by atoms with Crippen molar-refractivity contribution in [1.29, 1.82) is 0 Å². The molecule has 21 heavy (non-hydrogen) atoms. The van der Waals surface area contributed by atoms with E-state index in [2.05, 4.69) is 10.6 Å². The smallest absolute Gasteiger partial charge is 0.251 e. The molecule has 0 aliphatic carbocycles. The van der Waals surface area contributed by atoms with E-state index in [0.29, 0.717) is 30.8 Å². The molecule has 0 unspecified atom stereocenters. The zero-order valence-electron chi connectivity index (χ0n) is 12.3. The highest BCUT2D eigenvalue weighted by Gasteiger charge is 2.26. The van der Waals surface area contributed by atoms with Crippen LogP contribution in [0.4, 0.5) is 5.69 Å². The minimum absolute atomic E-state index is 0.131. The molecular weight excluding hydrogens is 290 g/mol. The van der Waals surface area contributed by atoms with E-state index in [-0.39, 0.29) is 5.91 Å². The van der Waals surface area contributed by atoms with E-state index in [1.165, 1.54) is 10.6 Å². The Labute approximate surface area is 125 Å². The Morgan fingerprint density at radius 3 is 2.76 bits per heavy atom. The van der Waals surface area contributed by atoms with Gasteiger partial charge in [-0.25, -0.2) is 8.42 Å². The maximum Gasteiger partial charge on any atom is 0.251 e. The zero-order valence-corrected chi connectivity index (χ0v) is 13.2. The van der Waals surface area contributed by atoms with E-state index < -0.39 is 10.0 Å². The van der Waals surface area contributed by atoms with Gasteiger partial charge in [-0.1, -0.05) is 6.92 Å². The Bertz CT molecular complexity index is 628. The van der Waals surface area contributed by atoms with Crippen LogP contribution in [0.25, 0.3) is 0 Å². The van der Waals surface area contributed by atoms with Crippen LogP contribution in [0.2, 0.25) is 0 Å². The molecule has 1 amide bonds. The molecule has 0 saturated heterocycles. The molecule has 1 heterocycles. The van der Waals surface area contributed by atoms with Crippen LogP contribution in [0.3, 0.4) is 0 Å². The predicted molar refractivity (Wildman–Crippen MR) is 83.2 cm³/mol. The van der Waals surface area contributed by atoms with Crippen molar-refractivity contribution in [1.82, 2.24) is 10.6 Å². The topological polar surface area (TPSA) is 78.5 Å². The van der Waals surface area contributed by atoms with Gasteiger partial charge >= 0.3 is 0 Å². The van der Waals surface area contributed by atoms with Gasteiger partial charge in [-0.05, 0) is 36.7 Å². The SMILES string of the molecule is CCNCCNC(=O)c1ccc2c(c1)CCN2S(C)(=O)=O. The molecule has 2 rings (SSSR count). The van der Waals surface area contributed by atoms with Gasteiger partial charge in [-0.3, -0.25) is 9.10 Å². The molecule has 116 valence electrons. The van der Waals surface area contributed by atoms with Gasteiger partial charge in [0.1, 0.15) is 0 Å². The Morgan fingerprint density at radius 2 is 2.10 bits per heavy atom. The molecule has 1 aromatic rings. The Balaban J connectivity index is 2.07. The van der Waals surface area contributed by atoms with E-state index >= 15 is 0 Å². The predicted octanol–water partition coefficient (Wildman–Crippen LogP) is 0.348. The van der Waals surface area contributed by atoms with Crippen molar-refractivity contribution in [3.63, 3.8) is 0 Å². The average molecular weight is 311 g/mol. The van der Waals surface area contributed by atoms with Crippen molar-refractivity contribution < 1.29 is 13.2 Å². The first-order valence-electron chi connectivity index (χ1n) is 7.03. The summed E-state index contributed by atoms with van der Waals surface area (Å²) in [7, 11) is -3.25. The summed E-state index contributed by atoms with van der Waals surface area (Å²) in [5.74, 6) is -0.131. The van der Waals surface area contributed by atoms with Gasteiger partial charge in [-0.2, -0.15) is 0 Å². The van der Waals surface area contributed by atoms with Crippen molar-refractivity contribution in [3.05, 3.63) is 29.3 Å². The van der Waals surface area contributed by atoms with E-state index in [0.717, 1.165) is 18.7 Å². The quantitative estimate of drug-likeness (QED) is 0.743. The minimum atomic E-state index is -3.25. The number of nitrogens with zero attached hydrogens (tertiary/aromatic N) is 1. The fourth-order valence-electron chi connectivity index (χ4n) is 2.40. The molecule has 1 aromatic carbocycles.